The number of hydrogen-bond donors (Lipinski definition) is 2. The Hall–Kier alpha value is -1.44. The van der Waals surface area contributed by atoms with Crippen LogP contribution in [0.2, 0.25) is 0 Å². The molecule has 2 rings (SSSR count). The average molecular weight is 326 g/mol. The number of ether oxygens (including phenoxy) is 1. The summed E-state index contributed by atoms with van der Waals surface area (Å²) < 4.78 is 27.9. The summed E-state index contributed by atoms with van der Waals surface area (Å²) in [6.07, 6.45) is 3.04. The second-order valence-electron chi connectivity index (χ2n) is 5.60. The molecule has 1 aromatic rings. The summed E-state index contributed by atoms with van der Waals surface area (Å²) in [4.78, 5) is 12.0. The molecule has 1 saturated heterocycles. The van der Waals surface area contributed by atoms with Crippen molar-refractivity contribution in [3.8, 4) is 0 Å². The molecule has 122 valence electrons. The zero-order chi connectivity index (χ0) is 16.2. The van der Waals surface area contributed by atoms with E-state index in [1.54, 1.807) is 12.1 Å². The highest BCUT2D eigenvalue weighted by molar-refractivity contribution is 7.89. The van der Waals surface area contributed by atoms with Crippen LogP contribution in [0, 0.1) is 0 Å². The van der Waals surface area contributed by atoms with Gasteiger partial charge < -0.3 is 10.1 Å². The van der Waals surface area contributed by atoms with Gasteiger partial charge in [0.25, 0.3) is 0 Å². The van der Waals surface area contributed by atoms with Gasteiger partial charge in [0.15, 0.2) is 0 Å². The summed E-state index contributed by atoms with van der Waals surface area (Å²) in [5, 5.41) is 7.99. The maximum atomic E-state index is 11.9. The Kier molecular flexibility index (Phi) is 5.55. The number of nitrogens with one attached hydrogen (secondary N) is 1. The number of carbonyl (C=O) groups is 1. The minimum absolute atomic E-state index is 0.0137. The van der Waals surface area contributed by atoms with Gasteiger partial charge in [0.2, 0.25) is 15.9 Å². The Morgan fingerprint density at radius 2 is 2.09 bits per heavy atom. The number of carbonyl (C=O) groups excluding carboxylic acids is 1. The van der Waals surface area contributed by atoms with Crippen molar-refractivity contribution >= 4 is 15.9 Å². The first-order valence-electron chi connectivity index (χ1n) is 7.39. The Labute approximate surface area is 131 Å². The molecular formula is C15H22N2O4S. The van der Waals surface area contributed by atoms with Crippen LogP contribution in [0.25, 0.3) is 0 Å². The predicted octanol–water partition coefficient (Wildman–Crippen LogP) is 0.950. The standard InChI is InChI=1S/C15H22N2O4S/c1-11(14-3-2-10-21-14)17-15(18)9-6-12-4-7-13(8-5-12)22(16,19)20/h4-5,7-8,11,14H,2-3,6,9-10H2,1H3,(H,17,18)(H2,16,19,20)/t11-,14+/m1/s1. The second kappa shape index (κ2) is 7.21. The van der Waals surface area contributed by atoms with Crippen molar-refractivity contribution in [3.05, 3.63) is 29.8 Å². The van der Waals surface area contributed by atoms with Gasteiger partial charge in [-0.3, -0.25) is 4.79 Å². The lowest BCUT2D eigenvalue weighted by atomic mass is 10.1. The van der Waals surface area contributed by atoms with Gasteiger partial charge >= 0.3 is 0 Å². The summed E-state index contributed by atoms with van der Waals surface area (Å²) in [6.45, 7) is 2.72. The molecule has 0 unspecified atom stereocenters. The van der Waals surface area contributed by atoms with Crippen LogP contribution < -0.4 is 10.5 Å². The van der Waals surface area contributed by atoms with Crippen LogP contribution in [-0.2, 0) is 26.0 Å². The number of sulfonamides is 1. The van der Waals surface area contributed by atoms with Crippen LogP contribution in [0.15, 0.2) is 29.2 Å². The molecule has 1 aromatic carbocycles. The first kappa shape index (κ1) is 16.9. The van der Waals surface area contributed by atoms with E-state index in [2.05, 4.69) is 5.32 Å². The summed E-state index contributed by atoms with van der Waals surface area (Å²) in [6, 6.07) is 6.28. The van der Waals surface area contributed by atoms with Crippen LogP contribution in [0.4, 0.5) is 0 Å². The number of amides is 1. The van der Waals surface area contributed by atoms with Crippen molar-refractivity contribution < 1.29 is 17.9 Å². The summed E-state index contributed by atoms with van der Waals surface area (Å²) in [7, 11) is -3.67. The molecule has 1 fully saturated rings. The van der Waals surface area contributed by atoms with Gasteiger partial charge in [-0.15, -0.1) is 0 Å². The van der Waals surface area contributed by atoms with E-state index in [1.165, 1.54) is 12.1 Å². The number of rotatable bonds is 6. The molecule has 0 aliphatic carbocycles. The van der Waals surface area contributed by atoms with E-state index in [0.29, 0.717) is 12.8 Å². The second-order valence-corrected chi connectivity index (χ2v) is 7.16. The Bertz CT molecular complexity index is 607. The normalized spacial score (nSPS) is 19.8. The van der Waals surface area contributed by atoms with Crippen molar-refractivity contribution in [1.82, 2.24) is 5.32 Å². The van der Waals surface area contributed by atoms with Crippen molar-refractivity contribution in [2.75, 3.05) is 6.61 Å². The topological polar surface area (TPSA) is 98.5 Å². The molecule has 0 saturated carbocycles. The molecular weight excluding hydrogens is 304 g/mol. The van der Waals surface area contributed by atoms with Gasteiger partial charge in [0.1, 0.15) is 0 Å². The molecule has 0 bridgehead atoms. The van der Waals surface area contributed by atoms with Gasteiger partial charge in [0, 0.05) is 13.0 Å². The number of nitrogens with two attached hydrogens (primary N) is 1. The van der Waals surface area contributed by atoms with Gasteiger partial charge in [-0.1, -0.05) is 12.1 Å². The van der Waals surface area contributed by atoms with Crippen molar-refractivity contribution in [2.45, 2.75) is 49.6 Å². The van der Waals surface area contributed by atoms with Gasteiger partial charge in [-0.25, -0.2) is 13.6 Å². The van der Waals surface area contributed by atoms with Crippen LogP contribution in [0.5, 0.6) is 0 Å². The van der Waals surface area contributed by atoms with Crippen molar-refractivity contribution in [1.29, 1.82) is 0 Å². The predicted molar refractivity (Wildman–Crippen MR) is 82.7 cm³/mol. The SMILES string of the molecule is C[C@@H](NC(=O)CCc1ccc(S(N)(=O)=O)cc1)[C@@H]1CCCO1. The fourth-order valence-electron chi connectivity index (χ4n) is 2.52. The quantitative estimate of drug-likeness (QED) is 0.813. The van der Waals surface area contributed by atoms with Gasteiger partial charge in [-0.05, 0) is 43.9 Å². The number of aryl methyl sites for hydroxylation is 1. The lowest BCUT2D eigenvalue weighted by Crippen LogP contribution is -2.40. The molecule has 0 aromatic heterocycles. The molecule has 7 heteroatoms. The molecule has 6 nitrogen and oxygen atoms in total. The van der Waals surface area contributed by atoms with E-state index in [-0.39, 0.29) is 22.9 Å². The highest BCUT2D eigenvalue weighted by atomic mass is 32.2. The van der Waals surface area contributed by atoms with Gasteiger partial charge in [-0.2, -0.15) is 0 Å². The van der Waals surface area contributed by atoms with Crippen LogP contribution >= 0.6 is 0 Å². The first-order chi connectivity index (χ1) is 10.4. The van der Waals surface area contributed by atoms with Crippen molar-refractivity contribution in [3.63, 3.8) is 0 Å². The first-order valence-corrected chi connectivity index (χ1v) is 8.93. The van der Waals surface area contributed by atoms with E-state index in [0.717, 1.165) is 25.0 Å². The third-order valence-corrected chi connectivity index (χ3v) is 4.73. The summed E-state index contributed by atoms with van der Waals surface area (Å²) in [5.41, 5.74) is 0.896. The minimum Gasteiger partial charge on any atom is -0.376 e. The smallest absolute Gasteiger partial charge is 0.238 e. The lowest BCUT2D eigenvalue weighted by molar-refractivity contribution is -0.122. The zero-order valence-corrected chi connectivity index (χ0v) is 13.4. The van der Waals surface area contributed by atoms with E-state index in [1.807, 2.05) is 6.92 Å². The lowest BCUT2D eigenvalue weighted by Gasteiger charge is -2.19. The molecule has 1 aliphatic rings. The average Bonchev–Trinajstić information content (AvgIpc) is 2.99. The number of hydrogen-bond acceptors (Lipinski definition) is 4. The number of benzene rings is 1. The highest BCUT2D eigenvalue weighted by Crippen LogP contribution is 2.15. The summed E-state index contributed by atoms with van der Waals surface area (Å²) in [5.74, 6) is -0.0291. The maximum Gasteiger partial charge on any atom is 0.238 e. The van der Waals surface area contributed by atoms with Crippen LogP contribution in [0.1, 0.15) is 31.7 Å². The molecule has 1 heterocycles. The van der Waals surface area contributed by atoms with Crippen LogP contribution in [0.3, 0.4) is 0 Å². The van der Waals surface area contributed by atoms with E-state index < -0.39 is 10.0 Å². The zero-order valence-electron chi connectivity index (χ0n) is 12.6. The van der Waals surface area contributed by atoms with Crippen molar-refractivity contribution in [2.24, 2.45) is 5.14 Å². The van der Waals surface area contributed by atoms with Gasteiger partial charge in [0.05, 0.1) is 17.0 Å². The van der Waals surface area contributed by atoms with Crippen LogP contribution in [-0.4, -0.2) is 33.1 Å². The maximum absolute atomic E-state index is 11.9. The third-order valence-electron chi connectivity index (χ3n) is 3.80. The highest BCUT2D eigenvalue weighted by Gasteiger charge is 2.23. The fraction of sp³-hybridized carbons (Fsp3) is 0.533. The van der Waals surface area contributed by atoms with E-state index in [9.17, 15) is 13.2 Å². The molecule has 22 heavy (non-hydrogen) atoms. The molecule has 0 radical (unpaired) electrons. The largest absolute Gasteiger partial charge is 0.376 e. The molecule has 1 aliphatic heterocycles. The molecule has 1 amide bonds. The Morgan fingerprint density at radius 3 is 2.64 bits per heavy atom. The molecule has 2 atom stereocenters. The minimum atomic E-state index is -3.67. The molecule has 0 spiro atoms. The molecule has 3 N–H and O–H groups in total. The van der Waals surface area contributed by atoms with E-state index in [4.69, 9.17) is 9.88 Å². The monoisotopic (exact) mass is 326 g/mol. The fourth-order valence-corrected chi connectivity index (χ4v) is 3.04. The Morgan fingerprint density at radius 1 is 1.41 bits per heavy atom. The summed E-state index contributed by atoms with van der Waals surface area (Å²) >= 11 is 0. The third kappa shape index (κ3) is 4.79. The number of primary sulfonamides is 1. The van der Waals surface area contributed by atoms with E-state index >= 15 is 0 Å². The Balaban J connectivity index is 1.80.